The van der Waals surface area contributed by atoms with Crippen molar-refractivity contribution in [2.75, 3.05) is 5.32 Å². The standard InChI is InChI=1S/C19H22N6OS/c1-12-3-5-15(6-4-12)18-22-23-19(27)24(18)11-17(26)21-16-9-10-20-25(16)13(2)14-7-8-14/h3-6,9-10,13-14H,7-8,11H2,1-2H3,(H,21,26)(H,23,27). The first-order valence-corrected chi connectivity index (χ1v) is 9.49. The Morgan fingerprint density at radius 2 is 2.07 bits per heavy atom. The molecule has 1 saturated carbocycles. The average molecular weight is 382 g/mol. The van der Waals surface area contributed by atoms with Crippen LogP contribution in [-0.2, 0) is 11.3 Å². The maximum absolute atomic E-state index is 12.7. The van der Waals surface area contributed by atoms with Crippen molar-refractivity contribution in [2.45, 2.75) is 39.3 Å². The Balaban J connectivity index is 1.53. The Morgan fingerprint density at radius 1 is 1.33 bits per heavy atom. The summed E-state index contributed by atoms with van der Waals surface area (Å²) in [6, 6.07) is 10.1. The van der Waals surface area contributed by atoms with Gasteiger partial charge in [0.25, 0.3) is 0 Å². The molecule has 1 atom stereocenters. The van der Waals surface area contributed by atoms with Gasteiger partial charge in [0, 0.05) is 11.6 Å². The third-order valence-electron chi connectivity index (χ3n) is 5.00. The van der Waals surface area contributed by atoms with Crippen LogP contribution in [0.2, 0.25) is 0 Å². The molecule has 8 heteroatoms. The fourth-order valence-electron chi connectivity index (χ4n) is 3.23. The van der Waals surface area contributed by atoms with Crippen molar-refractivity contribution in [1.82, 2.24) is 24.5 Å². The van der Waals surface area contributed by atoms with Gasteiger partial charge in [0.15, 0.2) is 10.6 Å². The summed E-state index contributed by atoms with van der Waals surface area (Å²) in [4.78, 5) is 12.7. The van der Waals surface area contributed by atoms with E-state index in [1.807, 2.05) is 41.9 Å². The number of nitrogens with one attached hydrogen (secondary N) is 2. The van der Waals surface area contributed by atoms with Crippen molar-refractivity contribution in [3.05, 3.63) is 46.9 Å². The largest absolute Gasteiger partial charge is 0.309 e. The van der Waals surface area contributed by atoms with Gasteiger partial charge in [-0.1, -0.05) is 29.8 Å². The lowest BCUT2D eigenvalue weighted by molar-refractivity contribution is -0.116. The van der Waals surface area contributed by atoms with Crippen LogP contribution in [0.4, 0.5) is 5.82 Å². The summed E-state index contributed by atoms with van der Waals surface area (Å²) in [5, 5.41) is 14.4. The van der Waals surface area contributed by atoms with E-state index in [9.17, 15) is 4.79 Å². The molecule has 140 valence electrons. The second-order valence-electron chi connectivity index (χ2n) is 7.09. The van der Waals surface area contributed by atoms with Crippen molar-refractivity contribution in [3.8, 4) is 11.4 Å². The smallest absolute Gasteiger partial charge is 0.245 e. The summed E-state index contributed by atoms with van der Waals surface area (Å²) >= 11 is 5.32. The zero-order valence-corrected chi connectivity index (χ0v) is 16.2. The van der Waals surface area contributed by atoms with Crippen LogP contribution in [0.3, 0.4) is 0 Å². The van der Waals surface area contributed by atoms with Crippen molar-refractivity contribution in [2.24, 2.45) is 5.92 Å². The van der Waals surface area contributed by atoms with Gasteiger partial charge in [0.05, 0.1) is 12.2 Å². The molecule has 0 aliphatic heterocycles. The molecule has 0 bridgehead atoms. The fourth-order valence-corrected chi connectivity index (χ4v) is 3.43. The lowest BCUT2D eigenvalue weighted by Crippen LogP contribution is -2.22. The summed E-state index contributed by atoms with van der Waals surface area (Å²) in [5.74, 6) is 1.85. The van der Waals surface area contributed by atoms with Crippen molar-refractivity contribution < 1.29 is 4.79 Å². The number of carbonyl (C=O) groups is 1. The second kappa shape index (κ2) is 7.11. The number of aromatic amines is 1. The number of benzene rings is 1. The van der Waals surface area contributed by atoms with Crippen LogP contribution in [0, 0.1) is 17.6 Å². The molecule has 3 aromatic rings. The molecule has 1 amide bonds. The van der Waals surface area contributed by atoms with Gasteiger partial charge in [-0.25, -0.2) is 4.68 Å². The third kappa shape index (κ3) is 3.71. The first kappa shape index (κ1) is 17.7. The summed E-state index contributed by atoms with van der Waals surface area (Å²) < 4.78 is 4.02. The Bertz CT molecular complexity index is 1010. The zero-order valence-electron chi connectivity index (χ0n) is 15.3. The van der Waals surface area contributed by atoms with Gasteiger partial charge in [-0.05, 0) is 44.8 Å². The Hall–Kier alpha value is -2.74. The van der Waals surface area contributed by atoms with E-state index in [4.69, 9.17) is 12.2 Å². The molecule has 2 aromatic heterocycles. The number of aromatic nitrogens is 5. The number of rotatable bonds is 6. The average Bonchev–Trinajstić information content (AvgIpc) is 3.31. The molecule has 27 heavy (non-hydrogen) atoms. The SMILES string of the molecule is Cc1ccc(-c2n[nH]c(=S)n2CC(=O)Nc2ccnn2C(C)C2CC2)cc1. The number of H-pyrrole nitrogens is 1. The van der Waals surface area contributed by atoms with Crippen molar-refractivity contribution >= 4 is 23.9 Å². The predicted octanol–water partition coefficient (Wildman–Crippen LogP) is 3.72. The molecule has 4 rings (SSSR count). The molecular formula is C19H22N6OS. The van der Waals surface area contributed by atoms with Gasteiger partial charge >= 0.3 is 0 Å². The van der Waals surface area contributed by atoms with E-state index >= 15 is 0 Å². The molecule has 7 nitrogen and oxygen atoms in total. The van der Waals surface area contributed by atoms with Gasteiger partial charge in [-0.15, -0.1) is 0 Å². The van der Waals surface area contributed by atoms with E-state index in [0.29, 0.717) is 22.3 Å². The molecule has 2 N–H and O–H groups in total. The molecule has 0 radical (unpaired) electrons. The first-order chi connectivity index (χ1) is 13.0. The number of hydrogen-bond donors (Lipinski definition) is 2. The van der Waals surface area contributed by atoms with Crippen molar-refractivity contribution in [3.63, 3.8) is 0 Å². The maximum atomic E-state index is 12.7. The van der Waals surface area contributed by atoms with Gasteiger partial charge in [-0.3, -0.25) is 14.5 Å². The highest BCUT2D eigenvalue weighted by Crippen LogP contribution is 2.40. The van der Waals surface area contributed by atoms with Gasteiger partial charge in [0.1, 0.15) is 12.4 Å². The summed E-state index contributed by atoms with van der Waals surface area (Å²) in [6.07, 6.45) is 4.16. The Kier molecular flexibility index (Phi) is 4.65. The summed E-state index contributed by atoms with van der Waals surface area (Å²) in [7, 11) is 0. The first-order valence-electron chi connectivity index (χ1n) is 9.08. The normalized spacial score (nSPS) is 14.9. The Morgan fingerprint density at radius 3 is 2.78 bits per heavy atom. The highest BCUT2D eigenvalue weighted by molar-refractivity contribution is 7.71. The van der Waals surface area contributed by atoms with E-state index in [0.717, 1.165) is 11.1 Å². The maximum Gasteiger partial charge on any atom is 0.245 e. The van der Waals surface area contributed by atoms with Gasteiger partial charge < -0.3 is 5.32 Å². The van der Waals surface area contributed by atoms with Crippen LogP contribution in [0.5, 0.6) is 0 Å². The second-order valence-corrected chi connectivity index (χ2v) is 7.48. The molecule has 0 spiro atoms. The van der Waals surface area contributed by atoms with Crippen LogP contribution in [-0.4, -0.2) is 30.5 Å². The molecule has 1 unspecified atom stereocenters. The molecule has 0 saturated heterocycles. The Labute approximate surface area is 162 Å². The number of carbonyl (C=O) groups excluding carboxylic acids is 1. The van der Waals surface area contributed by atoms with Crippen LogP contribution in [0.15, 0.2) is 36.5 Å². The quantitative estimate of drug-likeness (QED) is 0.637. The minimum absolute atomic E-state index is 0.0849. The topological polar surface area (TPSA) is 80.5 Å². The highest BCUT2D eigenvalue weighted by Gasteiger charge is 2.30. The molecule has 1 aliphatic rings. The van der Waals surface area contributed by atoms with Crippen LogP contribution in [0.25, 0.3) is 11.4 Å². The molecule has 2 heterocycles. The third-order valence-corrected chi connectivity index (χ3v) is 5.31. The number of hydrogen-bond acceptors (Lipinski definition) is 4. The lowest BCUT2D eigenvalue weighted by atomic mass is 10.1. The number of anilines is 1. The molecule has 1 aromatic carbocycles. The number of aryl methyl sites for hydroxylation is 1. The van der Waals surface area contributed by atoms with Gasteiger partial charge in [0.2, 0.25) is 5.91 Å². The van der Waals surface area contributed by atoms with Crippen molar-refractivity contribution in [1.29, 1.82) is 0 Å². The minimum Gasteiger partial charge on any atom is -0.309 e. The number of amides is 1. The van der Waals surface area contributed by atoms with Crippen LogP contribution < -0.4 is 5.32 Å². The van der Waals surface area contributed by atoms with Crippen LogP contribution in [0.1, 0.15) is 31.4 Å². The monoisotopic (exact) mass is 382 g/mol. The lowest BCUT2D eigenvalue weighted by Gasteiger charge is -2.15. The number of nitrogens with zero attached hydrogens (tertiary/aromatic N) is 4. The zero-order chi connectivity index (χ0) is 19.0. The van der Waals surface area contributed by atoms with E-state index in [1.54, 1.807) is 10.8 Å². The van der Waals surface area contributed by atoms with E-state index in [1.165, 1.54) is 12.8 Å². The van der Waals surface area contributed by atoms with E-state index in [-0.39, 0.29) is 18.5 Å². The fraction of sp³-hybridized carbons (Fsp3) is 0.368. The molecular weight excluding hydrogens is 360 g/mol. The summed E-state index contributed by atoms with van der Waals surface area (Å²) in [5.41, 5.74) is 2.07. The molecule has 1 fully saturated rings. The van der Waals surface area contributed by atoms with Crippen LogP contribution >= 0.6 is 12.2 Å². The molecule has 1 aliphatic carbocycles. The van der Waals surface area contributed by atoms with Gasteiger partial charge in [-0.2, -0.15) is 10.2 Å². The van der Waals surface area contributed by atoms with E-state index in [2.05, 4.69) is 27.5 Å². The van der Waals surface area contributed by atoms with E-state index < -0.39 is 0 Å². The minimum atomic E-state index is -0.161. The predicted molar refractivity (Wildman–Crippen MR) is 106 cm³/mol. The highest BCUT2D eigenvalue weighted by atomic mass is 32.1. The summed E-state index contributed by atoms with van der Waals surface area (Å²) in [6.45, 7) is 4.25.